The third-order valence-electron chi connectivity index (χ3n) is 7.62. The maximum absolute atomic E-state index is 13.9. The highest BCUT2D eigenvalue weighted by Gasteiger charge is 2.41. The Morgan fingerprint density at radius 2 is 1.71 bits per heavy atom. The van der Waals surface area contributed by atoms with Gasteiger partial charge in [0.05, 0.1) is 13.2 Å². The molecule has 3 aromatic rings. The Labute approximate surface area is 205 Å². The first-order chi connectivity index (χ1) is 17.1. The summed E-state index contributed by atoms with van der Waals surface area (Å²) < 4.78 is 25.1. The fraction of sp³-hybridized carbons (Fsp3) is 0.300. The second-order valence-electron chi connectivity index (χ2n) is 9.71. The number of halogens is 1. The Morgan fingerprint density at radius 1 is 1.00 bits per heavy atom. The molecule has 3 aromatic carbocycles. The van der Waals surface area contributed by atoms with Crippen LogP contribution in [0.1, 0.15) is 41.9 Å². The molecule has 0 radical (unpaired) electrons. The molecule has 1 fully saturated rings. The van der Waals surface area contributed by atoms with Crippen molar-refractivity contribution in [1.29, 1.82) is 0 Å². The van der Waals surface area contributed by atoms with E-state index in [-0.39, 0.29) is 29.9 Å². The van der Waals surface area contributed by atoms with Gasteiger partial charge in [0.15, 0.2) is 0 Å². The molecule has 2 atom stereocenters. The predicted molar refractivity (Wildman–Crippen MR) is 133 cm³/mol. The quantitative estimate of drug-likeness (QED) is 0.401. The van der Waals surface area contributed by atoms with Gasteiger partial charge in [0.2, 0.25) is 0 Å². The van der Waals surface area contributed by atoms with Crippen molar-refractivity contribution in [2.24, 2.45) is 0 Å². The van der Waals surface area contributed by atoms with Crippen LogP contribution in [0.3, 0.4) is 0 Å². The molecule has 0 N–H and O–H groups in total. The van der Waals surface area contributed by atoms with E-state index in [2.05, 4.69) is 42.5 Å². The van der Waals surface area contributed by atoms with E-state index in [4.69, 9.17) is 9.47 Å². The number of hydrogen-bond acceptors (Lipinski definition) is 3. The fourth-order valence-corrected chi connectivity index (χ4v) is 6.11. The molecule has 2 heterocycles. The molecular weight excluding hydrogens is 441 g/mol. The van der Waals surface area contributed by atoms with Crippen molar-refractivity contribution in [3.8, 4) is 16.9 Å². The van der Waals surface area contributed by atoms with Crippen LogP contribution in [-0.2, 0) is 11.2 Å². The average molecular weight is 470 g/mol. The molecule has 2 bridgehead atoms. The summed E-state index contributed by atoms with van der Waals surface area (Å²) in [4.78, 5) is 15.2. The minimum absolute atomic E-state index is 0.0369. The lowest BCUT2D eigenvalue weighted by Gasteiger charge is -2.33. The van der Waals surface area contributed by atoms with Crippen molar-refractivity contribution < 1.29 is 18.7 Å². The van der Waals surface area contributed by atoms with Crippen LogP contribution in [0.4, 0.5) is 9.18 Å². The first kappa shape index (κ1) is 21.9. The molecule has 6 rings (SSSR count). The molecule has 2 aliphatic heterocycles. The predicted octanol–water partition coefficient (Wildman–Crippen LogP) is 6.49. The zero-order chi connectivity index (χ0) is 23.9. The van der Waals surface area contributed by atoms with E-state index in [1.165, 1.54) is 33.9 Å². The lowest BCUT2D eigenvalue weighted by atomic mass is 9.95. The van der Waals surface area contributed by atoms with Gasteiger partial charge in [-0.25, -0.2) is 9.18 Å². The summed E-state index contributed by atoms with van der Waals surface area (Å²) in [5.74, 6) is 0.293. The molecule has 0 aromatic heterocycles. The van der Waals surface area contributed by atoms with Crippen LogP contribution in [0.5, 0.6) is 5.75 Å². The zero-order valence-corrected chi connectivity index (χ0v) is 19.7. The van der Waals surface area contributed by atoms with Gasteiger partial charge in [-0.1, -0.05) is 60.2 Å². The second kappa shape index (κ2) is 8.88. The van der Waals surface area contributed by atoms with E-state index in [1.54, 1.807) is 13.2 Å². The number of rotatable bonds is 5. The highest BCUT2D eigenvalue weighted by molar-refractivity contribution is 5.79. The third-order valence-corrected chi connectivity index (χ3v) is 7.62. The Morgan fingerprint density at radius 3 is 2.40 bits per heavy atom. The van der Waals surface area contributed by atoms with E-state index in [1.807, 2.05) is 23.1 Å². The van der Waals surface area contributed by atoms with Crippen LogP contribution in [0.2, 0.25) is 0 Å². The normalized spacial score (nSPS) is 20.3. The molecule has 1 amide bonds. The first-order valence-electron chi connectivity index (χ1n) is 12.3. The van der Waals surface area contributed by atoms with Crippen LogP contribution in [0, 0.1) is 5.82 Å². The number of amides is 1. The fourth-order valence-electron chi connectivity index (χ4n) is 6.11. The number of nitrogens with zero attached hydrogens (tertiary/aromatic N) is 1. The van der Waals surface area contributed by atoms with E-state index < -0.39 is 0 Å². The van der Waals surface area contributed by atoms with Crippen molar-refractivity contribution in [1.82, 2.24) is 4.90 Å². The Hall–Kier alpha value is -3.60. The van der Waals surface area contributed by atoms with E-state index >= 15 is 0 Å². The lowest BCUT2D eigenvalue weighted by molar-refractivity contribution is 0.0849. The van der Waals surface area contributed by atoms with Crippen LogP contribution >= 0.6 is 0 Å². The summed E-state index contributed by atoms with van der Waals surface area (Å²) in [6.45, 7) is 0.336. The molecule has 4 nitrogen and oxygen atoms in total. The van der Waals surface area contributed by atoms with Crippen LogP contribution < -0.4 is 4.74 Å². The number of methoxy groups -OCH3 is 1. The monoisotopic (exact) mass is 469 g/mol. The zero-order valence-electron chi connectivity index (χ0n) is 19.7. The molecular formula is C30H28FNO3. The molecule has 3 aliphatic rings. The van der Waals surface area contributed by atoms with Gasteiger partial charge in [0, 0.05) is 18.0 Å². The van der Waals surface area contributed by atoms with E-state index in [9.17, 15) is 9.18 Å². The smallest absolute Gasteiger partial charge is 0.410 e. The van der Waals surface area contributed by atoms with Crippen molar-refractivity contribution in [2.75, 3.05) is 13.7 Å². The maximum Gasteiger partial charge on any atom is 0.410 e. The average Bonchev–Trinajstić information content (AvgIpc) is 3.33. The van der Waals surface area contributed by atoms with Gasteiger partial charge in [-0.2, -0.15) is 0 Å². The van der Waals surface area contributed by atoms with Crippen molar-refractivity contribution in [2.45, 2.75) is 43.7 Å². The number of hydrogen-bond donors (Lipinski definition) is 0. The van der Waals surface area contributed by atoms with E-state index in [0.717, 1.165) is 24.8 Å². The van der Waals surface area contributed by atoms with Gasteiger partial charge in [-0.05, 0) is 65.6 Å². The van der Waals surface area contributed by atoms with Crippen molar-refractivity contribution >= 4 is 6.09 Å². The SMILES string of the molecule is COc1cc(F)cc(CC2=CC3CCC(C2)N3C(=O)OCC2c3ccccc3-c3ccccc32)c1. The van der Waals surface area contributed by atoms with Gasteiger partial charge in [0.1, 0.15) is 18.2 Å². The van der Waals surface area contributed by atoms with Crippen LogP contribution in [0.15, 0.2) is 78.4 Å². The number of carbonyl (C=O) groups excluding carboxylic acids is 1. The summed E-state index contributed by atoms with van der Waals surface area (Å²) in [6, 6.07) is 21.7. The van der Waals surface area contributed by atoms with Gasteiger partial charge in [-0.3, -0.25) is 4.90 Å². The van der Waals surface area contributed by atoms with Gasteiger partial charge in [-0.15, -0.1) is 0 Å². The van der Waals surface area contributed by atoms with E-state index in [0.29, 0.717) is 18.8 Å². The van der Waals surface area contributed by atoms with Gasteiger partial charge in [0.25, 0.3) is 0 Å². The second-order valence-corrected chi connectivity index (χ2v) is 9.71. The Balaban J connectivity index is 1.16. The number of fused-ring (bicyclic) bond motifs is 5. The van der Waals surface area contributed by atoms with Gasteiger partial charge >= 0.3 is 6.09 Å². The minimum Gasteiger partial charge on any atom is -0.497 e. The van der Waals surface area contributed by atoms with Crippen molar-refractivity contribution in [3.63, 3.8) is 0 Å². The maximum atomic E-state index is 13.9. The number of ether oxygens (including phenoxy) is 2. The topological polar surface area (TPSA) is 38.8 Å². The minimum atomic E-state index is -0.293. The molecule has 2 unspecified atom stereocenters. The molecule has 1 aliphatic carbocycles. The summed E-state index contributed by atoms with van der Waals surface area (Å²) in [5.41, 5.74) is 7.02. The van der Waals surface area contributed by atoms with Crippen molar-refractivity contribution in [3.05, 3.63) is 101 Å². The highest BCUT2D eigenvalue weighted by Crippen LogP contribution is 2.45. The standard InChI is InChI=1S/C30H28FNO3/c1-34-24-16-19(13-21(31)17-24)12-20-14-22-10-11-23(15-20)32(22)30(33)35-18-29-27-8-4-2-6-25(27)26-7-3-5-9-28(26)29/h2-9,13-14,16-17,22-23,29H,10-12,15,18H2,1H3. The largest absolute Gasteiger partial charge is 0.497 e. The molecule has 178 valence electrons. The molecule has 0 spiro atoms. The summed E-state index contributed by atoms with van der Waals surface area (Å²) in [7, 11) is 1.55. The number of carbonyl (C=O) groups is 1. The molecule has 5 heteroatoms. The third kappa shape index (κ3) is 3.99. The Bertz CT molecular complexity index is 1270. The highest BCUT2D eigenvalue weighted by atomic mass is 19.1. The molecule has 0 saturated carbocycles. The lowest BCUT2D eigenvalue weighted by Crippen LogP contribution is -2.44. The first-order valence-corrected chi connectivity index (χ1v) is 12.3. The molecule has 35 heavy (non-hydrogen) atoms. The summed E-state index contributed by atoms with van der Waals surface area (Å²) in [6.07, 6.45) is 5.30. The van der Waals surface area contributed by atoms with Gasteiger partial charge < -0.3 is 9.47 Å². The van der Waals surface area contributed by atoms with Crippen LogP contribution in [0.25, 0.3) is 11.1 Å². The summed E-state index contributed by atoms with van der Waals surface area (Å²) >= 11 is 0. The molecule has 1 saturated heterocycles. The number of benzene rings is 3. The Kier molecular flexibility index (Phi) is 5.56. The van der Waals surface area contributed by atoms with Crippen LogP contribution in [-0.4, -0.2) is 36.8 Å². The summed E-state index contributed by atoms with van der Waals surface area (Å²) in [5, 5.41) is 0.